The smallest absolute Gasteiger partial charge is 0.416 e. The number of hydrogen-bond donors (Lipinski definition) is 2. The zero-order valence-corrected chi connectivity index (χ0v) is 18.5. The molecule has 34 heavy (non-hydrogen) atoms. The number of anilines is 1. The second-order valence-corrected chi connectivity index (χ2v) is 8.25. The largest absolute Gasteiger partial charge is 0.508 e. The zero-order chi connectivity index (χ0) is 23.9. The first kappa shape index (κ1) is 22.0. The van der Waals surface area contributed by atoms with Crippen LogP contribution in [0.3, 0.4) is 0 Å². The van der Waals surface area contributed by atoms with Crippen molar-refractivity contribution in [2.24, 2.45) is 0 Å². The van der Waals surface area contributed by atoms with Crippen LogP contribution in [0.2, 0.25) is 0 Å². The third-order valence-corrected chi connectivity index (χ3v) is 6.08. The number of phenols is 1. The number of alkyl halides is 3. The summed E-state index contributed by atoms with van der Waals surface area (Å²) in [6, 6.07) is 20.3. The Morgan fingerprint density at radius 3 is 2.41 bits per heavy atom. The van der Waals surface area contributed by atoms with E-state index in [4.69, 9.17) is 12.2 Å². The molecule has 5 nitrogen and oxygen atoms in total. The molecule has 1 fully saturated rings. The molecule has 2 aromatic heterocycles. The highest BCUT2D eigenvalue weighted by molar-refractivity contribution is 7.80. The van der Waals surface area contributed by atoms with Crippen LogP contribution >= 0.6 is 12.2 Å². The number of thiocarbonyl (C=S) groups is 1. The van der Waals surface area contributed by atoms with E-state index in [0.717, 1.165) is 29.2 Å². The number of rotatable bonds is 4. The van der Waals surface area contributed by atoms with E-state index in [-0.39, 0.29) is 11.8 Å². The van der Waals surface area contributed by atoms with Gasteiger partial charge < -0.3 is 19.9 Å². The summed E-state index contributed by atoms with van der Waals surface area (Å²) < 4.78 is 41.9. The van der Waals surface area contributed by atoms with Crippen molar-refractivity contribution in [3.8, 4) is 11.4 Å². The van der Waals surface area contributed by atoms with Crippen LogP contribution in [0, 0.1) is 0 Å². The number of pyridine rings is 1. The molecule has 2 atom stereocenters. The fourth-order valence-electron chi connectivity index (χ4n) is 4.25. The molecule has 9 heteroatoms. The molecule has 1 aliphatic rings. The lowest BCUT2D eigenvalue weighted by Gasteiger charge is -2.29. The van der Waals surface area contributed by atoms with Gasteiger partial charge in [0, 0.05) is 29.5 Å². The summed E-state index contributed by atoms with van der Waals surface area (Å²) in [4.78, 5) is 6.40. The molecule has 0 saturated carbocycles. The van der Waals surface area contributed by atoms with Crippen molar-refractivity contribution in [1.82, 2.24) is 14.9 Å². The topological polar surface area (TPSA) is 53.3 Å². The van der Waals surface area contributed by atoms with Crippen LogP contribution in [0.25, 0.3) is 5.69 Å². The molecular formula is C25H19F3N4OS. The van der Waals surface area contributed by atoms with Gasteiger partial charge in [-0.3, -0.25) is 4.98 Å². The number of phenolic OH excluding ortho intramolecular Hbond substituents is 1. The van der Waals surface area contributed by atoms with Gasteiger partial charge in [0.1, 0.15) is 11.8 Å². The number of nitrogens with zero attached hydrogens (tertiary/aromatic N) is 3. The van der Waals surface area contributed by atoms with Crippen molar-refractivity contribution in [3.05, 3.63) is 108 Å². The van der Waals surface area contributed by atoms with E-state index in [1.165, 1.54) is 6.07 Å². The molecule has 172 valence electrons. The van der Waals surface area contributed by atoms with Gasteiger partial charge in [-0.05, 0) is 78.9 Å². The molecule has 3 heterocycles. The highest BCUT2D eigenvalue weighted by Gasteiger charge is 2.42. The summed E-state index contributed by atoms with van der Waals surface area (Å²) in [5.41, 5.74) is 1.87. The number of aromatic nitrogens is 2. The lowest BCUT2D eigenvalue weighted by Crippen LogP contribution is -2.30. The monoisotopic (exact) mass is 480 g/mol. The van der Waals surface area contributed by atoms with Gasteiger partial charge in [-0.1, -0.05) is 12.1 Å². The number of aromatic hydroxyl groups is 1. The quantitative estimate of drug-likeness (QED) is 0.363. The highest BCUT2D eigenvalue weighted by Crippen LogP contribution is 2.42. The van der Waals surface area contributed by atoms with E-state index in [1.54, 1.807) is 53.4 Å². The molecule has 0 radical (unpaired) electrons. The second-order valence-electron chi connectivity index (χ2n) is 7.86. The van der Waals surface area contributed by atoms with E-state index >= 15 is 0 Å². The van der Waals surface area contributed by atoms with E-state index in [0.29, 0.717) is 10.8 Å². The summed E-state index contributed by atoms with van der Waals surface area (Å²) >= 11 is 5.68. The number of nitrogens with one attached hydrogen (secondary N) is 1. The first-order chi connectivity index (χ1) is 16.3. The molecule has 2 aromatic carbocycles. The molecule has 1 aliphatic heterocycles. The first-order valence-corrected chi connectivity index (χ1v) is 10.9. The van der Waals surface area contributed by atoms with E-state index < -0.39 is 17.8 Å². The predicted octanol–water partition coefficient (Wildman–Crippen LogP) is 5.77. The van der Waals surface area contributed by atoms with Crippen LogP contribution in [0.5, 0.6) is 5.75 Å². The number of halogens is 3. The van der Waals surface area contributed by atoms with Gasteiger partial charge in [0.15, 0.2) is 5.11 Å². The van der Waals surface area contributed by atoms with Crippen LogP contribution in [0.1, 0.15) is 29.0 Å². The average molecular weight is 481 g/mol. The second kappa shape index (κ2) is 8.49. The standard InChI is InChI=1S/C25H19F3N4OS/c26-25(27,28)16-5-3-6-18(15-16)31-14-4-8-21(31)23-22(20-7-1-2-13-29-20)30-24(34)32(23)17-9-11-19(33)12-10-17/h1-15,22-23,33H,(H,30,34)/t22-,23+/m0/s1. The molecule has 0 amide bonds. The SMILES string of the molecule is Oc1ccc(N2C(=S)N[C@@H](c3ccccn3)[C@H]2c2cccn2-c2cccc(C(F)(F)F)c2)cc1. The van der Waals surface area contributed by atoms with Crippen LogP contribution < -0.4 is 10.2 Å². The lowest BCUT2D eigenvalue weighted by atomic mass is 10.0. The van der Waals surface area contributed by atoms with Crippen molar-refractivity contribution in [2.75, 3.05) is 4.90 Å². The van der Waals surface area contributed by atoms with Crippen LogP contribution in [0.15, 0.2) is 91.3 Å². The Kier molecular flexibility index (Phi) is 5.49. The van der Waals surface area contributed by atoms with E-state index in [9.17, 15) is 18.3 Å². The third kappa shape index (κ3) is 3.99. The van der Waals surface area contributed by atoms with Gasteiger partial charge in [0.05, 0.1) is 17.3 Å². The summed E-state index contributed by atoms with van der Waals surface area (Å²) in [6.45, 7) is 0. The van der Waals surface area contributed by atoms with Gasteiger partial charge in [-0.25, -0.2) is 0 Å². The molecule has 1 saturated heterocycles. The normalized spacial score (nSPS) is 18.2. The molecule has 2 N–H and O–H groups in total. The molecule has 0 aliphatic carbocycles. The summed E-state index contributed by atoms with van der Waals surface area (Å²) in [5.74, 6) is 0.118. The minimum absolute atomic E-state index is 0.118. The van der Waals surface area contributed by atoms with Gasteiger partial charge in [0.25, 0.3) is 0 Å². The number of hydrogen-bond acceptors (Lipinski definition) is 3. The van der Waals surface area contributed by atoms with E-state index in [1.807, 2.05) is 29.2 Å². The average Bonchev–Trinajstić information content (AvgIpc) is 3.44. The summed E-state index contributed by atoms with van der Waals surface area (Å²) in [5, 5.41) is 13.5. The molecule has 4 aromatic rings. The summed E-state index contributed by atoms with van der Waals surface area (Å²) in [7, 11) is 0. The Balaban J connectivity index is 1.66. The Morgan fingerprint density at radius 1 is 0.912 bits per heavy atom. The summed E-state index contributed by atoms with van der Waals surface area (Å²) in [6.07, 6.45) is -1.03. The van der Waals surface area contributed by atoms with Crippen molar-refractivity contribution in [2.45, 2.75) is 18.3 Å². The van der Waals surface area contributed by atoms with Gasteiger partial charge in [-0.15, -0.1) is 0 Å². The Morgan fingerprint density at radius 2 is 1.71 bits per heavy atom. The molecule has 5 rings (SSSR count). The minimum Gasteiger partial charge on any atom is -0.508 e. The van der Waals surface area contributed by atoms with Crippen molar-refractivity contribution >= 4 is 23.0 Å². The molecule has 0 spiro atoms. The van der Waals surface area contributed by atoms with Crippen molar-refractivity contribution < 1.29 is 18.3 Å². The van der Waals surface area contributed by atoms with Gasteiger partial charge >= 0.3 is 6.18 Å². The Hall–Kier alpha value is -3.85. The highest BCUT2D eigenvalue weighted by atomic mass is 32.1. The van der Waals surface area contributed by atoms with Gasteiger partial charge in [0.2, 0.25) is 0 Å². The third-order valence-electron chi connectivity index (χ3n) is 5.76. The van der Waals surface area contributed by atoms with Crippen LogP contribution in [0.4, 0.5) is 18.9 Å². The van der Waals surface area contributed by atoms with Crippen LogP contribution in [-0.4, -0.2) is 19.8 Å². The molecule has 0 unspecified atom stereocenters. The van der Waals surface area contributed by atoms with Gasteiger partial charge in [-0.2, -0.15) is 13.2 Å². The zero-order valence-electron chi connectivity index (χ0n) is 17.6. The number of benzene rings is 2. The minimum atomic E-state index is -4.45. The van der Waals surface area contributed by atoms with Crippen molar-refractivity contribution in [1.29, 1.82) is 0 Å². The van der Waals surface area contributed by atoms with Crippen LogP contribution in [-0.2, 0) is 6.18 Å². The lowest BCUT2D eigenvalue weighted by molar-refractivity contribution is -0.137. The Bertz CT molecular complexity index is 1320. The predicted molar refractivity (Wildman–Crippen MR) is 127 cm³/mol. The fraction of sp³-hybridized carbons (Fsp3) is 0.120. The Labute approximate surface area is 199 Å². The molecule has 0 bridgehead atoms. The first-order valence-electron chi connectivity index (χ1n) is 10.5. The van der Waals surface area contributed by atoms with E-state index in [2.05, 4.69) is 10.3 Å². The maximum absolute atomic E-state index is 13.4. The van der Waals surface area contributed by atoms with Crippen molar-refractivity contribution in [3.63, 3.8) is 0 Å². The maximum Gasteiger partial charge on any atom is 0.416 e. The fourth-order valence-corrected chi connectivity index (χ4v) is 4.59. The molecular weight excluding hydrogens is 461 g/mol. The maximum atomic E-state index is 13.4.